The van der Waals surface area contributed by atoms with Gasteiger partial charge in [0, 0.05) is 28.6 Å². The molecule has 6 nitrogen and oxygen atoms in total. The van der Waals surface area contributed by atoms with Crippen LogP contribution in [-0.4, -0.2) is 19.7 Å². The van der Waals surface area contributed by atoms with Crippen LogP contribution >= 0.6 is 0 Å². The van der Waals surface area contributed by atoms with E-state index in [1.807, 2.05) is 16.9 Å². The van der Waals surface area contributed by atoms with E-state index < -0.39 is 0 Å². The van der Waals surface area contributed by atoms with E-state index in [9.17, 15) is 10.1 Å². The van der Waals surface area contributed by atoms with Crippen molar-refractivity contribution in [1.29, 1.82) is 0 Å². The Morgan fingerprint density at radius 3 is 2.63 bits per heavy atom. The highest BCUT2D eigenvalue weighted by Gasteiger charge is 2.36. The third kappa shape index (κ3) is 2.23. The van der Waals surface area contributed by atoms with Crippen LogP contribution in [0.2, 0.25) is 0 Å². The van der Waals surface area contributed by atoms with Gasteiger partial charge in [-0.1, -0.05) is 32.0 Å². The number of rotatable bonds is 2. The van der Waals surface area contributed by atoms with Crippen molar-refractivity contribution in [3.05, 3.63) is 76.1 Å². The fraction of sp³-hybridized carbons (Fsp3) is 0.190. The van der Waals surface area contributed by atoms with Crippen molar-refractivity contribution >= 4 is 16.6 Å². The van der Waals surface area contributed by atoms with Gasteiger partial charge in [0.25, 0.3) is 5.69 Å². The molecule has 134 valence electrons. The number of nitrogens with zero attached hydrogens (tertiary/aromatic N) is 3. The van der Waals surface area contributed by atoms with Crippen molar-refractivity contribution in [2.45, 2.75) is 25.7 Å². The second-order valence-corrected chi connectivity index (χ2v) is 7.67. The highest BCUT2D eigenvalue weighted by molar-refractivity contribution is 5.93. The highest BCUT2D eigenvalue weighted by Crippen LogP contribution is 2.46. The zero-order valence-corrected chi connectivity index (χ0v) is 15.1. The second-order valence-electron chi connectivity index (χ2n) is 7.67. The first-order chi connectivity index (χ1) is 13.0. The van der Waals surface area contributed by atoms with Gasteiger partial charge in [-0.05, 0) is 35.6 Å². The molecule has 6 heteroatoms. The molecule has 2 aromatic carbocycles. The monoisotopic (exact) mass is 358 g/mol. The number of benzene rings is 2. The van der Waals surface area contributed by atoms with Crippen LogP contribution < -0.4 is 0 Å². The van der Waals surface area contributed by atoms with E-state index in [1.54, 1.807) is 12.1 Å². The first-order valence-electron chi connectivity index (χ1n) is 8.89. The first kappa shape index (κ1) is 15.8. The number of nitro benzene ring substituents is 1. The topological polar surface area (TPSA) is 76.8 Å². The van der Waals surface area contributed by atoms with Crippen LogP contribution in [0.15, 0.2) is 54.7 Å². The predicted molar refractivity (Wildman–Crippen MR) is 104 cm³/mol. The zero-order chi connectivity index (χ0) is 18.8. The molecule has 0 bridgehead atoms. The molecule has 4 aromatic rings. The maximum Gasteiger partial charge on any atom is 0.269 e. The molecule has 0 spiro atoms. The molecule has 0 saturated carbocycles. The van der Waals surface area contributed by atoms with Gasteiger partial charge in [-0.3, -0.25) is 10.1 Å². The molecule has 0 saturated heterocycles. The third-order valence-corrected chi connectivity index (χ3v) is 5.44. The van der Waals surface area contributed by atoms with E-state index in [0.29, 0.717) is 0 Å². The van der Waals surface area contributed by atoms with Crippen LogP contribution in [0.25, 0.3) is 27.8 Å². The van der Waals surface area contributed by atoms with Crippen LogP contribution in [0.3, 0.4) is 0 Å². The van der Waals surface area contributed by atoms with E-state index in [2.05, 4.69) is 42.1 Å². The molecule has 2 heterocycles. The summed E-state index contributed by atoms with van der Waals surface area (Å²) < 4.78 is 1.90. The van der Waals surface area contributed by atoms with Crippen molar-refractivity contribution < 1.29 is 4.92 Å². The largest absolute Gasteiger partial charge is 0.354 e. The van der Waals surface area contributed by atoms with Gasteiger partial charge in [-0.2, -0.15) is 5.10 Å². The molecule has 0 fully saturated rings. The second kappa shape index (κ2) is 5.30. The van der Waals surface area contributed by atoms with E-state index in [0.717, 1.165) is 34.6 Å². The summed E-state index contributed by atoms with van der Waals surface area (Å²) in [6.07, 6.45) is 2.73. The number of nitro groups is 1. The Hall–Kier alpha value is -3.41. The highest BCUT2D eigenvalue weighted by atomic mass is 16.6. The van der Waals surface area contributed by atoms with Crippen LogP contribution in [0, 0.1) is 10.1 Å². The Morgan fingerprint density at radius 2 is 1.89 bits per heavy atom. The van der Waals surface area contributed by atoms with Gasteiger partial charge in [-0.25, -0.2) is 4.68 Å². The lowest BCUT2D eigenvalue weighted by atomic mass is 9.73. The van der Waals surface area contributed by atoms with E-state index in [-0.39, 0.29) is 16.0 Å². The first-order valence-corrected chi connectivity index (χ1v) is 8.89. The van der Waals surface area contributed by atoms with E-state index in [4.69, 9.17) is 0 Å². The Kier molecular flexibility index (Phi) is 3.10. The molecular weight excluding hydrogens is 340 g/mol. The van der Waals surface area contributed by atoms with Gasteiger partial charge >= 0.3 is 0 Å². The van der Waals surface area contributed by atoms with Crippen LogP contribution in [0.5, 0.6) is 0 Å². The number of non-ortho nitro benzene ring substituents is 1. The lowest BCUT2D eigenvalue weighted by Gasteiger charge is -2.31. The summed E-state index contributed by atoms with van der Waals surface area (Å²) in [4.78, 5) is 14.1. The molecule has 0 aliphatic heterocycles. The van der Waals surface area contributed by atoms with Crippen molar-refractivity contribution in [3.63, 3.8) is 0 Å². The number of para-hydroxylation sites is 1. The fourth-order valence-electron chi connectivity index (χ4n) is 4.24. The predicted octanol–water partition coefficient (Wildman–Crippen LogP) is 4.76. The summed E-state index contributed by atoms with van der Waals surface area (Å²) >= 11 is 0. The molecule has 0 radical (unpaired) electrons. The Labute approximate surface area is 155 Å². The smallest absolute Gasteiger partial charge is 0.269 e. The normalized spacial score (nSPS) is 14.7. The zero-order valence-electron chi connectivity index (χ0n) is 15.1. The Morgan fingerprint density at radius 1 is 1.15 bits per heavy atom. The van der Waals surface area contributed by atoms with Crippen LogP contribution in [0.4, 0.5) is 5.69 Å². The third-order valence-electron chi connectivity index (χ3n) is 5.44. The molecule has 27 heavy (non-hydrogen) atoms. The number of hydrogen-bond acceptors (Lipinski definition) is 3. The summed E-state index contributed by atoms with van der Waals surface area (Å²) in [6.45, 7) is 4.50. The minimum absolute atomic E-state index is 0.0551. The SMILES string of the molecule is CC1(C)Cc2c(cnn2-c2ccc([N+](=O)[O-])cc2)-c2[nH]c3ccccc3c21. The molecule has 0 atom stereocenters. The van der Waals surface area contributed by atoms with Gasteiger partial charge in [0.05, 0.1) is 28.2 Å². The molecule has 5 rings (SSSR count). The number of H-pyrrole nitrogens is 1. The average molecular weight is 358 g/mol. The molecule has 1 aliphatic rings. The summed E-state index contributed by atoms with van der Waals surface area (Å²) in [6, 6.07) is 14.9. The Balaban J connectivity index is 1.71. The van der Waals surface area contributed by atoms with Crippen LogP contribution in [-0.2, 0) is 11.8 Å². The fourth-order valence-corrected chi connectivity index (χ4v) is 4.24. The van der Waals surface area contributed by atoms with Gasteiger partial charge in [0.1, 0.15) is 0 Å². The van der Waals surface area contributed by atoms with Crippen LogP contribution in [0.1, 0.15) is 25.1 Å². The lowest BCUT2D eigenvalue weighted by Crippen LogP contribution is -2.26. The average Bonchev–Trinajstić information content (AvgIpc) is 3.23. The number of fused-ring (bicyclic) bond motifs is 5. The molecule has 0 amide bonds. The minimum Gasteiger partial charge on any atom is -0.354 e. The maximum atomic E-state index is 10.9. The summed E-state index contributed by atoms with van der Waals surface area (Å²) in [5.41, 5.74) is 6.65. The van der Waals surface area contributed by atoms with Crippen molar-refractivity contribution in [3.8, 4) is 16.9 Å². The van der Waals surface area contributed by atoms with Gasteiger partial charge < -0.3 is 4.98 Å². The summed E-state index contributed by atoms with van der Waals surface area (Å²) in [5.74, 6) is 0. The summed E-state index contributed by atoms with van der Waals surface area (Å²) in [5, 5.41) is 16.8. The van der Waals surface area contributed by atoms with Crippen molar-refractivity contribution in [1.82, 2.24) is 14.8 Å². The van der Waals surface area contributed by atoms with E-state index in [1.165, 1.54) is 23.1 Å². The molecule has 0 unspecified atom stereocenters. The minimum atomic E-state index is -0.387. The number of hydrogen-bond donors (Lipinski definition) is 1. The van der Waals surface area contributed by atoms with E-state index >= 15 is 0 Å². The van der Waals surface area contributed by atoms with Crippen molar-refractivity contribution in [2.24, 2.45) is 0 Å². The quantitative estimate of drug-likeness (QED) is 0.414. The number of nitrogens with one attached hydrogen (secondary N) is 1. The standard InChI is InChI=1S/C21H18N4O2/c1-21(2)11-18-16(20-19(21)15-5-3-4-6-17(15)23-20)12-22-24(18)13-7-9-14(10-8-13)25(26)27/h3-10,12,23H,11H2,1-2H3. The molecule has 1 aliphatic carbocycles. The number of aromatic amines is 1. The Bertz CT molecular complexity index is 1200. The molecule has 1 N–H and O–H groups in total. The summed E-state index contributed by atoms with van der Waals surface area (Å²) in [7, 11) is 0. The lowest BCUT2D eigenvalue weighted by molar-refractivity contribution is -0.384. The molecular formula is C21H18N4O2. The van der Waals surface area contributed by atoms with Crippen molar-refractivity contribution in [2.75, 3.05) is 0 Å². The maximum absolute atomic E-state index is 10.9. The van der Waals surface area contributed by atoms with Gasteiger partial charge in [0.15, 0.2) is 0 Å². The van der Waals surface area contributed by atoms with Gasteiger partial charge in [0.2, 0.25) is 0 Å². The number of aromatic nitrogens is 3. The molecule has 2 aromatic heterocycles. The van der Waals surface area contributed by atoms with Gasteiger partial charge in [-0.15, -0.1) is 0 Å².